The van der Waals surface area contributed by atoms with E-state index in [1.165, 1.54) is 24.3 Å². The first-order valence-corrected chi connectivity index (χ1v) is 12.3. The smallest absolute Gasteiger partial charge is 0.254 e. The molecule has 2 aromatic carbocycles. The molecule has 1 saturated heterocycles. The van der Waals surface area contributed by atoms with Crippen molar-refractivity contribution in [3.63, 3.8) is 0 Å². The van der Waals surface area contributed by atoms with Crippen molar-refractivity contribution >= 4 is 34.9 Å². The molecule has 0 atom stereocenters. The van der Waals surface area contributed by atoms with E-state index in [4.69, 9.17) is 0 Å². The normalized spacial score (nSPS) is 14.4. The number of carbonyl (C=O) groups is 2. The predicted molar refractivity (Wildman–Crippen MR) is 126 cm³/mol. The Morgan fingerprint density at radius 2 is 1.88 bits per heavy atom. The van der Waals surface area contributed by atoms with Gasteiger partial charge in [0.1, 0.15) is 5.82 Å². The van der Waals surface area contributed by atoms with E-state index in [-0.39, 0.29) is 23.7 Å². The quantitative estimate of drug-likeness (QED) is 0.521. The zero-order chi connectivity index (χ0) is 22.5. The fraction of sp³-hybridized carbons (Fsp3) is 0.292. The van der Waals surface area contributed by atoms with E-state index in [0.717, 1.165) is 21.3 Å². The third kappa shape index (κ3) is 5.55. The molecule has 1 N–H and O–H groups in total. The SMILES string of the molecule is Cc1nc(CSc2ccccc2C(=O)N2CCC(NC(=O)c3ccc(F)cc3)CC2)cs1. The van der Waals surface area contributed by atoms with Crippen LogP contribution in [0.25, 0.3) is 0 Å². The van der Waals surface area contributed by atoms with E-state index in [1.54, 1.807) is 23.1 Å². The first-order valence-electron chi connectivity index (χ1n) is 10.5. The van der Waals surface area contributed by atoms with Crippen LogP contribution >= 0.6 is 23.1 Å². The van der Waals surface area contributed by atoms with Crippen LogP contribution in [0.2, 0.25) is 0 Å². The molecule has 0 radical (unpaired) electrons. The van der Waals surface area contributed by atoms with Gasteiger partial charge in [0.15, 0.2) is 0 Å². The van der Waals surface area contributed by atoms with E-state index in [0.29, 0.717) is 37.1 Å². The summed E-state index contributed by atoms with van der Waals surface area (Å²) in [6.07, 6.45) is 1.37. The Balaban J connectivity index is 1.33. The summed E-state index contributed by atoms with van der Waals surface area (Å²) in [5, 5.41) is 6.09. The van der Waals surface area contributed by atoms with Crippen molar-refractivity contribution < 1.29 is 14.0 Å². The van der Waals surface area contributed by atoms with Crippen LogP contribution in [0.15, 0.2) is 58.8 Å². The van der Waals surface area contributed by atoms with Gasteiger partial charge in [-0.3, -0.25) is 9.59 Å². The summed E-state index contributed by atoms with van der Waals surface area (Å²) in [4.78, 5) is 32.9. The Morgan fingerprint density at radius 1 is 1.16 bits per heavy atom. The van der Waals surface area contributed by atoms with E-state index in [9.17, 15) is 14.0 Å². The number of thiazole rings is 1. The van der Waals surface area contributed by atoms with Crippen LogP contribution in [-0.4, -0.2) is 40.8 Å². The molecule has 0 aliphatic carbocycles. The van der Waals surface area contributed by atoms with Gasteiger partial charge in [-0.25, -0.2) is 9.37 Å². The number of hydrogen-bond donors (Lipinski definition) is 1. The van der Waals surface area contributed by atoms with Crippen LogP contribution in [0.4, 0.5) is 4.39 Å². The van der Waals surface area contributed by atoms with Crippen molar-refractivity contribution in [1.29, 1.82) is 0 Å². The second kappa shape index (κ2) is 10.3. The molecule has 0 bridgehead atoms. The lowest BCUT2D eigenvalue weighted by atomic mass is 10.0. The number of piperidine rings is 1. The lowest BCUT2D eigenvalue weighted by Crippen LogP contribution is -2.46. The number of nitrogens with zero attached hydrogens (tertiary/aromatic N) is 2. The lowest BCUT2D eigenvalue weighted by Gasteiger charge is -2.32. The summed E-state index contributed by atoms with van der Waals surface area (Å²) >= 11 is 3.26. The van der Waals surface area contributed by atoms with E-state index in [2.05, 4.69) is 15.7 Å². The standard InChI is InChI=1S/C24H24FN3O2S2/c1-16-26-20(14-31-16)15-32-22-5-3-2-4-21(22)24(30)28-12-10-19(11-13-28)27-23(29)17-6-8-18(25)9-7-17/h2-9,14,19H,10-13,15H2,1H3,(H,27,29). The number of aryl methyl sites for hydroxylation is 1. The summed E-state index contributed by atoms with van der Waals surface area (Å²) in [6.45, 7) is 3.15. The van der Waals surface area contributed by atoms with Gasteiger partial charge >= 0.3 is 0 Å². The van der Waals surface area contributed by atoms with Gasteiger partial charge < -0.3 is 10.2 Å². The van der Waals surface area contributed by atoms with E-state index in [1.807, 2.05) is 36.1 Å². The van der Waals surface area contributed by atoms with Gasteiger partial charge in [-0.15, -0.1) is 23.1 Å². The van der Waals surface area contributed by atoms with E-state index < -0.39 is 0 Å². The van der Waals surface area contributed by atoms with Gasteiger partial charge in [0.2, 0.25) is 0 Å². The van der Waals surface area contributed by atoms with Crippen LogP contribution in [0.1, 0.15) is 44.3 Å². The van der Waals surface area contributed by atoms with Gasteiger partial charge in [0, 0.05) is 40.7 Å². The van der Waals surface area contributed by atoms with Gasteiger partial charge in [-0.2, -0.15) is 0 Å². The fourth-order valence-corrected chi connectivity index (χ4v) is 5.32. The number of rotatable bonds is 6. The molecular weight excluding hydrogens is 445 g/mol. The maximum Gasteiger partial charge on any atom is 0.254 e. The summed E-state index contributed by atoms with van der Waals surface area (Å²) in [5.41, 5.74) is 2.17. The minimum atomic E-state index is -0.367. The second-order valence-electron chi connectivity index (χ2n) is 7.69. The first-order chi connectivity index (χ1) is 15.5. The number of amides is 2. The molecule has 32 heavy (non-hydrogen) atoms. The van der Waals surface area contributed by atoms with Crippen molar-refractivity contribution in [2.75, 3.05) is 13.1 Å². The van der Waals surface area contributed by atoms with Crippen LogP contribution in [0.3, 0.4) is 0 Å². The van der Waals surface area contributed by atoms with Gasteiger partial charge in [-0.05, 0) is 56.2 Å². The molecule has 2 heterocycles. The van der Waals surface area contributed by atoms with Gasteiger partial charge in [0.25, 0.3) is 11.8 Å². The zero-order valence-electron chi connectivity index (χ0n) is 17.7. The van der Waals surface area contributed by atoms with Crippen LogP contribution < -0.4 is 5.32 Å². The zero-order valence-corrected chi connectivity index (χ0v) is 19.3. The molecule has 0 saturated carbocycles. The molecule has 0 unspecified atom stereocenters. The number of benzene rings is 2. The topological polar surface area (TPSA) is 62.3 Å². The third-order valence-corrected chi connectivity index (χ3v) is 7.31. The van der Waals surface area contributed by atoms with E-state index >= 15 is 0 Å². The largest absolute Gasteiger partial charge is 0.349 e. The number of halogens is 1. The van der Waals surface area contributed by atoms with Crippen molar-refractivity contribution in [1.82, 2.24) is 15.2 Å². The Kier molecular flexibility index (Phi) is 7.22. The van der Waals surface area contributed by atoms with Crippen molar-refractivity contribution in [3.8, 4) is 0 Å². The Hall–Kier alpha value is -2.71. The highest BCUT2D eigenvalue weighted by Crippen LogP contribution is 2.28. The highest BCUT2D eigenvalue weighted by molar-refractivity contribution is 7.98. The number of thioether (sulfide) groups is 1. The van der Waals surface area contributed by atoms with Crippen LogP contribution in [-0.2, 0) is 5.75 Å². The molecule has 8 heteroatoms. The highest BCUT2D eigenvalue weighted by atomic mass is 32.2. The second-order valence-corrected chi connectivity index (χ2v) is 9.77. The van der Waals surface area contributed by atoms with Crippen LogP contribution in [0.5, 0.6) is 0 Å². The van der Waals surface area contributed by atoms with Crippen molar-refractivity contribution in [3.05, 3.63) is 81.6 Å². The average Bonchev–Trinajstić information content (AvgIpc) is 3.23. The molecular formula is C24H24FN3O2S2. The number of hydrogen-bond acceptors (Lipinski definition) is 5. The van der Waals surface area contributed by atoms with Crippen molar-refractivity contribution in [2.24, 2.45) is 0 Å². The molecule has 3 aromatic rings. The highest BCUT2D eigenvalue weighted by Gasteiger charge is 2.26. The number of carbonyl (C=O) groups excluding carboxylic acids is 2. The molecule has 1 aromatic heterocycles. The number of nitrogens with one attached hydrogen (secondary N) is 1. The maximum absolute atomic E-state index is 13.2. The molecule has 0 spiro atoms. The fourth-order valence-electron chi connectivity index (χ4n) is 3.66. The molecule has 1 aliphatic heterocycles. The minimum Gasteiger partial charge on any atom is -0.349 e. The number of aromatic nitrogens is 1. The number of likely N-dealkylation sites (tertiary alicyclic amines) is 1. The predicted octanol–water partition coefficient (Wildman–Crippen LogP) is 4.92. The Labute approximate surface area is 195 Å². The third-order valence-electron chi connectivity index (χ3n) is 5.38. The molecule has 166 valence electrons. The van der Waals surface area contributed by atoms with Crippen LogP contribution in [0, 0.1) is 12.7 Å². The van der Waals surface area contributed by atoms with Gasteiger partial charge in [-0.1, -0.05) is 12.1 Å². The molecule has 5 nitrogen and oxygen atoms in total. The first kappa shape index (κ1) is 22.5. The lowest BCUT2D eigenvalue weighted by molar-refractivity contribution is 0.0694. The summed E-state index contributed by atoms with van der Waals surface area (Å²) in [7, 11) is 0. The molecule has 2 amide bonds. The molecule has 1 aliphatic rings. The minimum absolute atomic E-state index is 0.00544. The van der Waals surface area contributed by atoms with Gasteiger partial charge in [0.05, 0.1) is 16.3 Å². The Bertz CT molecular complexity index is 1090. The monoisotopic (exact) mass is 469 g/mol. The summed E-state index contributed by atoms with van der Waals surface area (Å²) in [6, 6.07) is 13.2. The Morgan fingerprint density at radius 3 is 2.56 bits per heavy atom. The molecule has 4 rings (SSSR count). The molecule has 1 fully saturated rings. The maximum atomic E-state index is 13.2. The summed E-state index contributed by atoms with van der Waals surface area (Å²) < 4.78 is 13.1. The summed E-state index contributed by atoms with van der Waals surface area (Å²) in [5.74, 6) is 0.166. The average molecular weight is 470 g/mol. The van der Waals surface area contributed by atoms with Crippen molar-refractivity contribution in [2.45, 2.75) is 36.5 Å².